The van der Waals surface area contributed by atoms with Crippen LogP contribution < -0.4 is 5.32 Å². The summed E-state index contributed by atoms with van der Waals surface area (Å²) in [6.45, 7) is 5.37. The largest absolute Gasteiger partial charge is 0.383 e. The van der Waals surface area contributed by atoms with Crippen molar-refractivity contribution in [2.75, 3.05) is 33.9 Å². The molecule has 0 spiro atoms. The predicted molar refractivity (Wildman–Crippen MR) is 88.5 cm³/mol. The number of hydrogen-bond donors (Lipinski definition) is 1. The zero-order chi connectivity index (χ0) is 15.1. The lowest BCUT2D eigenvalue weighted by Gasteiger charge is -2.30. The van der Waals surface area contributed by atoms with E-state index in [-0.39, 0.29) is 0 Å². The highest BCUT2D eigenvalue weighted by atomic mass is 16.5. The van der Waals surface area contributed by atoms with E-state index in [1.165, 1.54) is 18.4 Å². The van der Waals surface area contributed by atoms with E-state index in [9.17, 15) is 0 Å². The molecular formula is C18H30N2O. The average Bonchev–Trinajstić information content (AvgIpc) is 3.36. The van der Waals surface area contributed by atoms with Gasteiger partial charge < -0.3 is 10.1 Å². The number of nitrogens with zero attached hydrogens (tertiary/aromatic N) is 1. The first-order valence-corrected chi connectivity index (χ1v) is 8.21. The third-order valence-electron chi connectivity index (χ3n) is 4.72. The van der Waals surface area contributed by atoms with Gasteiger partial charge in [-0.2, -0.15) is 0 Å². The SMILES string of the molecule is CNC(CCN(CCOC)C(C)C1CC1)c1ccccc1. The molecule has 118 valence electrons. The molecule has 1 fully saturated rings. The highest BCUT2D eigenvalue weighted by molar-refractivity contribution is 5.18. The molecular weight excluding hydrogens is 260 g/mol. The molecule has 2 unspecified atom stereocenters. The first-order valence-electron chi connectivity index (χ1n) is 8.21. The summed E-state index contributed by atoms with van der Waals surface area (Å²) in [7, 11) is 3.85. The van der Waals surface area contributed by atoms with Crippen LogP contribution in [0, 0.1) is 5.92 Å². The fraction of sp³-hybridized carbons (Fsp3) is 0.667. The molecule has 1 N–H and O–H groups in total. The van der Waals surface area contributed by atoms with Crippen molar-refractivity contribution in [3.63, 3.8) is 0 Å². The molecule has 0 radical (unpaired) electrons. The summed E-state index contributed by atoms with van der Waals surface area (Å²) in [6, 6.07) is 11.9. The van der Waals surface area contributed by atoms with Crippen molar-refractivity contribution in [3.05, 3.63) is 35.9 Å². The van der Waals surface area contributed by atoms with E-state index >= 15 is 0 Å². The fourth-order valence-corrected chi connectivity index (χ4v) is 3.06. The number of ether oxygens (including phenoxy) is 1. The van der Waals surface area contributed by atoms with Gasteiger partial charge >= 0.3 is 0 Å². The molecule has 21 heavy (non-hydrogen) atoms. The van der Waals surface area contributed by atoms with Crippen molar-refractivity contribution in [1.82, 2.24) is 10.2 Å². The highest BCUT2D eigenvalue weighted by Crippen LogP contribution is 2.35. The summed E-state index contributed by atoms with van der Waals surface area (Å²) in [4.78, 5) is 2.61. The van der Waals surface area contributed by atoms with Gasteiger partial charge in [0.15, 0.2) is 0 Å². The number of benzene rings is 1. The number of methoxy groups -OCH3 is 1. The Kier molecular flexibility index (Phi) is 6.68. The van der Waals surface area contributed by atoms with Crippen molar-refractivity contribution in [2.45, 2.75) is 38.3 Å². The molecule has 2 rings (SSSR count). The molecule has 0 heterocycles. The van der Waals surface area contributed by atoms with Crippen LogP contribution in [0.1, 0.15) is 37.8 Å². The van der Waals surface area contributed by atoms with Crippen LogP contribution >= 0.6 is 0 Å². The molecule has 0 aromatic heterocycles. The van der Waals surface area contributed by atoms with Gasteiger partial charge in [-0.05, 0) is 44.7 Å². The number of nitrogens with one attached hydrogen (secondary N) is 1. The normalized spacial score (nSPS) is 17.9. The van der Waals surface area contributed by atoms with E-state index in [0.29, 0.717) is 12.1 Å². The van der Waals surface area contributed by atoms with Gasteiger partial charge in [-0.1, -0.05) is 30.3 Å². The van der Waals surface area contributed by atoms with E-state index in [2.05, 4.69) is 54.5 Å². The minimum atomic E-state index is 0.433. The Hall–Kier alpha value is -0.900. The Morgan fingerprint density at radius 2 is 1.95 bits per heavy atom. The fourth-order valence-electron chi connectivity index (χ4n) is 3.06. The maximum Gasteiger partial charge on any atom is 0.0589 e. The molecule has 1 saturated carbocycles. The standard InChI is InChI=1S/C18H30N2O/c1-15(16-9-10-16)20(13-14-21-3)12-11-18(19-2)17-7-5-4-6-8-17/h4-8,15-16,18-19H,9-14H2,1-3H3. The minimum absolute atomic E-state index is 0.433. The molecule has 2 atom stereocenters. The topological polar surface area (TPSA) is 24.5 Å². The quantitative estimate of drug-likeness (QED) is 0.716. The second kappa shape index (κ2) is 8.52. The molecule has 1 aromatic rings. The first-order chi connectivity index (χ1) is 10.3. The van der Waals surface area contributed by atoms with Gasteiger partial charge in [0.1, 0.15) is 0 Å². The van der Waals surface area contributed by atoms with Crippen LogP contribution in [0.2, 0.25) is 0 Å². The molecule has 0 saturated heterocycles. The van der Waals surface area contributed by atoms with Gasteiger partial charge in [-0.25, -0.2) is 0 Å². The maximum atomic E-state index is 5.28. The van der Waals surface area contributed by atoms with Crippen LogP contribution in [0.25, 0.3) is 0 Å². The van der Waals surface area contributed by atoms with Gasteiger partial charge in [0.05, 0.1) is 6.61 Å². The van der Waals surface area contributed by atoms with Crippen LogP contribution in [0.5, 0.6) is 0 Å². The number of hydrogen-bond acceptors (Lipinski definition) is 3. The Balaban J connectivity index is 1.89. The lowest BCUT2D eigenvalue weighted by molar-refractivity contribution is 0.113. The monoisotopic (exact) mass is 290 g/mol. The summed E-state index contributed by atoms with van der Waals surface area (Å²) in [6.07, 6.45) is 3.94. The van der Waals surface area contributed by atoms with Gasteiger partial charge in [0.25, 0.3) is 0 Å². The Bertz CT molecular complexity index is 391. The molecule has 0 aliphatic heterocycles. The Morgan fingerprint density at radius 1 is 1.24 bits per heavy atom. The van der Waals surface area contributed by atoms with E-state index < -0.39 is 0 Å². The highest BCUT2D eigenvalue weighted by Gasteiger charge is 2.31. The molecule has 3 nitrogen and oxygen atoms in total. The molecule has 1 aliphatic carbocycles. The zero-order valence-electron chi connectivity index (χ0n) is 13.7. The summed E-state index contributed by atoms with van der Waals surface area (Å²) in [5, 5.41) is 3.46. The summed E-state index contributed by atoms with van der Waals surface area (Å²) in [5.74, 6) is 0.909. The van der Waals surface area contributed by atoms with E-state index in [0.717, 1.165) is 32.0 Å². The van der Waals surface area contributed by atoms with Crippen molar-refractivity contribution < 1.29 is 4.74 Å². The molecule has 0 bridgehead atoms. The van der Waals surface area contributed by atoms with Crippen LogP contribution in [0.4, 0.5) is 0 Å². The second-order valence-corrected chi connectivity index (χ2v) is 6.15. The van der Waals surface area contributed by atoms with Crippen LogP contribution in [-0.4, -0.2) is 44.8 Å². The van der Waals surface area contributed by atoms with Crippen LogP contribution in [0.15, 0.2) is 30.3 Å². The Labute approximate surface area is 129 Å². The van der Waals surface area contributed by atoms with Crippen molar-refractivity contribution >= 4 is 0 Å². The van der Waals surface area contributed by atoms with Crippen LogP contribution in [-0.2, 0) is 4.74 Å². The number of rotatable bonds is 10. The third kappa shape index (κ3) is 5.10. The maximum absolute atomic E-state index is 5.28. The van der Waals surface area contributed by atoms with Crippen LogP contribution in [0.3, 0.4) is 0 Å². The van der Waals surface area contributed by atoms with Gasteiger partial charge in [-0.3, -0.25) is 4.90 Å². The summed E-state index contributed by atoms with van der Waals surface area (Å²) in [5.41, 5.74) is 1.38. The van der Waals surface area contributed by atoms with Gasteiger partial charge in [0, 0.05) is 32.3 Å². The second-order valence-electron chi connectivity index (χ2n) is 6.15. The van der Waals surface area contributed by atoms with E-state index in [4.69, 9.17) is 4.74 Å². The molecule has 0 amide bonds. The predicted octanol–water partition coefficient (Wildman–Crippen LogP) is 3.08. The lowest BCUT2D eigenvalue weighted by atomic mass is 10.0. The lowest BCUT2D eigenvalue weighted by Crippen LogP contribution is -2.39. The molecule has 1 aliphatic rings. The zero-order valence-corrected chi connectivity index (χ0v) is 13.7. The van der Waals surface area contributed by atoms with Crippen molar-refractivity contribution in [3.8, 4) is 0 Å². The van der Waals surface area contributed by atoms with Crippen molar-refractivity contribution in [1.29, 1.82) is 0 Å². The molecule has 1 aromatic carbocycles. The molecule has 3 heteroatoms. The van der Waals surface area contributed by atoms with Crippen molar-refractivity contribution in [2.24, 2.45) is 5.92 Å². The smallest absolute Gasteiger partial charge is 0.0589 e. The van der Waals surface area contributed by atoms with Gasteiger partial charge in [0.2, 0.25) is 0 Å². The first kappa shape index (κ1) is 16.5. The third-order valence-corrected chi connectivity index (χ3v) is 4.72. The van der Waals surface area contributed by atoms with Gasteiger partial charge in [-0.15, -0.1) is 0 Å². The summed E-state index contributed by atoms with van der Waals surface area (Å²) >= 11 is 0. The van der Waals surface area contributed by atoms with E-state index in [1.54, 1.807) is 7.11 Å². The Morgan fingerprint density at radius 3 is 2.52 bits per heavy atom. The minimum Gasteiger partial charge on any atom is -0.383 e. The average molecular weight is 290 g/mol. The summed E-state index contributed by atoms with van der Waals surface area (Å²) < 4.78 is 5.28. The van der Waals surface area contributed by atoms with E-state index in [1.807, 2.05) is 0 Å².